The summed E-state index contributed by atoms with van der Waals surface area (Å²) in [7, 11) is -3.54. The molecule has 1 aromatic carbocycles. The van der Waals surface area contributed by atoms with Gasteiger partial charge in [-0.25, -0.2) is 8.42 Å². The largest absolute Gasteiger partial charge is 0.396 e. The van der Waals surface area contributed by atoms with Crippen LogP contribution in [0.2, 0.25) is 0 Å². The third kappa shape index (κ3) is 3.60. The van der Waals surface area contributed by atoms with Gasteiger partial charge < -0.3 is 10.8 Å². The number of benzene rings is 1. The molecule has 0 amide bonds. The van der Waals surface area contributed by atoms with Gasteiger partial charge in [0.15, 0.2) is 0 Å². The van der Waals surface area contributed by atoms with Crippen LogP contribution in [0.4, 0.5) is 0 Å². The quantitative estimate of drug-likeness (QED) is 0.736. The molecule has 0 aliphatic heterocycles. The number of aliphatic hydroxyl groups excluding tert-OH is 1. The van der Waals surface area contributed by atoms with Gasteiger partial charge in [0.2, 0.25) is 10.0 Å². The average Bonchev–Trinajstić information content (AvgIpc) is 2.41. The minimum absolute atomic E-state index is 0.0148. The van der Waals surface area contributed by atoms with Crippen molar-refractivity contribution in [2.24, 2.45) is 5.73 Å². The lowest BCUT2D eigenvalue weighted by molar-refractivity contribution is 0.198. The Labute approximate surface area is 130 Å². The predicted octanol–water partition coefficient (Wildman–Crippen LogP) is 1.25. The van der Waals surface area contributed by atoms with Gasteiger partial charge in [-0.1, -0.05) is 30.8 Å². The van der Waals surface area contributed by atoms with Gasteiger partial charge in [0, 0.05) is 24.8 Å². The zero-order valence-corrected chi connectivity index (χ0v) is 13.4. The number of rotatable bonds is 7. The van der Waals surface area contributed by atoms with Gasteiger partial charge >= 0.3 is 0 Å². The van der Waals surface area contributed by atoms with Crippen molar-refractivity contribution in [2.75, 3.05) is 13.2 Å². The van der Waals surface area contributed by atoms with Crippen molar-refractivity contribution in [3.63, 3.8) is 0 Å². The molecule has 5 nitrogen and oxygen atoms in total. The van der Waals surface area contributed by atoms with Gasteiger partial charge in [0.25, 0.3) is 0 Å². The molecule has 21 heavy (non-hydrogen) atoms. The maximum Gasteiger partial charge on any atom is 0.243 e. The molecule has 116 valence electrons. The van der Waals surface area contributed by atoms with Crippen LogP contribution in [-0.2, 0) is 10.0 Å². The van der Waals surface area contributed by atoms with E-state index in [9.17, 15) is 8.42 Å². The first-order chi connectivity index (χ1) is 9.96. The molecule has 0 bridgehead atoms. The van der Waals surface area contributed by atoms with Crippen molar-refractivity contribution in [3.05, 3.63) is 29.8 Å². The lowest BCUT2D eigenvalue weighted by Crippen LogP contribution is -2.44. The Kier molecular flexibility index (Phi) is 5.32. The van der Waals surface area contributed by atoms with E-state index in [0.717, 1.165) is 19.3 Å². The normalized spacial score (nSPS) is 15.9. The van der Waals surface area contributed by atoms with Crippen LogP contribution < -0.4 is 5.73 Å². The molecule has 0 radical (unpaired) electrons. The highest BCUT2D eigenvalue weighted by Gasteiger charge is 2.34. The molecule has 0 heterocycles. The molecule has 0 aromatic heterocycles. The summed E-state index contributed by atoms with van der Waals surface area (Å²) in [5, 5.41) is 8.97. The molecule has 2 rings (SSSR count). The van der Waals surface area contributed by atoms with E-state index < -0.39 is 10.0 Å². The molecule has 1 fully saturated rings. The van der Waals surface area contributed by atoms with Crippen LogP contribution in [0.1, 0.15) is 31.2 Å². The summed E-state index contributed by atoms with van der Waals surface area (Å²) in [5.41, 5.74) is 6.17. The highest BCUT2D eigenvalue weighted by molar-refractivity contribution is 7.89. The lowest BCUT2D eigenvalue weighted by atomic mass is 9.93. The number of sulfonamides is 1. The SMILES string of the molecule is NC(=S)c1ccc(S(=O)(=O)N(CCCO)C2CCC2)cc1. The topological polar surface area (TPSA) is 83.6 Å². The van der Waals surface area contributed by atoms with Crippen LogP contribution in [0.5, 0.6) is 0 Å². The fourth-order valence-corrected chi connectivity index (χ4v) is 4.19. The number of aliphatic hydroxyl groups is 1. The van der Waals surface area contributed by atoms with Gasteiger partial charge in [-0.15, -0.1) is 0 Å². The van der Waals surface area contributed by atoms with E-state index in [1.807, 2.05) is 0 Å². The first-order valence-electron chi connectivity index (χ1n) is 6.99. The number of hydrogen-bond donors (Lipinski definition) is 2. The van der Waals surface area contributed by atoms with Crippen molar-refractivity contribution >= 4 is 27.2 Å². The van der Waals surface area contributed by atoms with E-state index in [1.54, 1.807) is 12.1 Å². The summed E-state index contributed by atoms with van der Waals surface area (Å²) >= 11 is 4.87. The van der Waals surface area contributed by atoms with E-state index in [-0.39, 0.29) is 22.5 Å². The molecular weight excluding hydrogens is 308 g/mol. The second-order valence-electron chi connectivity index (χ2n) is 5.17. The third-order valence-electron chi connectivity index (χ3n) is 3.76. The van der Waals surface area contributed by atoms with E-state index >= 15 is 0 Å². The van der Waals surface area contributed by atoms with Crippen LogP contribution in [-0.4, -0.2) is 42.0 Å². The molecule has 1 aliphatic carbocycles. The number of nitrogens with zero attached hydrogens (tertiary/aromatic N) is 1. The van der Waals surface area contributed by atoms with Crippen LogP contribution in [0, 0.1) is 0 Å². The van der Waals surface area contributed by atoms with Gasteiger partial charge in [0.05, 0.1) is 4.90 Å². The highest BCUT2D eigenvalue weighted by Crippen LogP contribution is 2.30. The van der Waals surface area contributed by atoms with Crippen molar-refractivity contribution < 1.29 is 13.5 Å². The Balaban J connectivity index is 2.26. The third-order valence-corrected chi connectivity index (χ3v) is 5.97. The smallest absolute Gasteiger partial charge is 0.243 e. The Morgan fingerprint density at radius 2 is 1.95 bits per heavy atom. The summed E-state index contributed by atoms with van der Waals surface area (Å²) in [6.45, 7) is 0.333. The minimum Gasteiger partial charge on any atom is -0.396 e. The standard InChI is InChI=1S/C14H20N2O3S2/c15-14(20)11-5-7-13(8-6-11)21(18,19)16(9-2-10-17)12-3-1-4-12/h5-8,12,17H,1-4,9-10H2,(H2,15,20). The Bertz CT molecular complexity index is 595. The average molecular weight is 328 g/mol. The van der Waals surface area contributed by atoms with E-state index in [0.29, 0.717) is 18.5 Å². The van der Waals surface area contributed by atoms with Gasteiger partial charge in [-0.2, -0.15) is 4.31 Å². The summed E-state index contributed by atoms with van der Waals surface area (Å²) in [6, 6.07) is 6.38. The molecule has 0 saturated heterocycles. The van der Waals surface area contributed by atoms with E-state index in [1.165, 1.54) is 16.4 Å². The Hall–Kier alpha value is -1.02. The first-order valence-corrected chi connectivity index (χ1v) is 8.84. The first kappa shape index (κ1) is 16.4. The summed E-state index contributed by atoms with van der Waals surface area (Å²) in [4.78, 5) is 0.488. The molecule has 1 saturated carbocycles. The molecule has 0 atom stereocenters. The lowest BCUT2D eigenvalue weighted by Gasteiger charge is -2.36. The Morgan fingerprint density at radius 1 is 1.33 bits per heavy atom. The van der Waals surface area contributed by atoms with Crippen LogP contribution in [0.3, 0.4) is 0 Å². The van der Waals surface area contributed by atoms with Gasteiger partial charge in [0.1, 0.15) is 4.99 Å². The fraction of sp³-hybridized carbons (Fsp3) is 0.500. The zero-order valence-electron chi connectivity index (χ0n) is 11.7. The van der Waals surface area contributed by atoms with Crippen LogP contribution in [0.25, 0.3) is 0 Å². The molecule has 7 heteroatoms. The molecular formula is C14H20N2O3S2. The van der Waals surface area contributed by atoms with Crippen molar-refractivity contribution in [1.82, 2.24) is 4.31 Å². The summed E-state index contributed by atoms with van der Waals surface area (Å²) < 4.78 is 27.0. The van der Waals surface area contributed by atoms with Crippen molar-refractivity contribution in [3.8, 4) is 0 Å². The molecule has 0 spiro atoms. The zero-order chi connectivity index (χ0) is 15.5. The van der Waals surface area contributed by atoms with Crippen LogP contribution >= 0.6 is 12.2 Å². The van der Waals surface area contributed by atoms with Crippen molar-refractivity contribution in [1.29, 1.82) is 0 Å². The molecule has 0 unspecified atom stereocenters. The molecule has 1 aliphatic rings. The number of nitrogens with two attached hydrogens (primary N) is 1. The van der Waals surface area contributed by atoms with E-state index in [2.05, 4.69) is 0 Å². The maximum atomic E-state index is 12.7. The minimum atomic E-state index is -3.54. The summed E-state index contributed by atoms with van der Waals surface area (Å²) in [5.74, 6) is 0. The highest BCUT2D eigenvalue weighted by atomic mass is 32.2. The van der Waals surface area contributed by atoms with Gasteiger partial charge in [-0.05, 0) is 31.4 Å². The number of thiocarbonyl (C=S) groups is 1. The van der Waals surface area contributed by atoms with Gasteiger partial charge in [-0.3, -0.25) is 0 Å². The number of hydrogen-bond acceptors (Lipinski definition) is 4. The molecule has 3 N–H and O–H groups in total. The second-order valence-corrected chi connectivity index (χ2v) is 7.50. The van der Waals surface area contributed by atoms with Crippen LogP contribution in [0.15, 0.2) is 29.2 Å². The Morgan fingerprint density at radius 3 is 2.38 bits per heavy atom. The monoisotopic (exact) mass is 328 g/mol. The fourth-order valence-electron chi connectivity index (χ4n) is 2.33. The predicted molar refractivity (Wildman–Crippen MR) is 85.6 cm³/mol. The second kappa shape index (κ2) is 6.83. The van der Waals surface area contributed by atoms with Crippen molar-refractivity contribution in [2.45, 2.75) is 36.6 Å². The maximum absolute atomic E-state index is 12.7. The van der Waals surface area contributed by atoms with E-state index in [4.69, 9.17) is 23.1 Å². The summed E-state index contributed by atoms with van der Waals surface area (Å²) in [6.07, 6.45) is 3.27. The molecule has 1 aromatic rings.